The molecule has 3 N–H and O–H groups in total. The zero-order valence-corrected chi connectivity index (χ0v) is 10.7. The molecule has 1 aliphatic carbocycles. The van der Waals surface area contributed by atoms with Crippen LogP contribution in [0.15, 0.2) is 0 Å². The monoisotopic (exact) mass is 239 g/mol. The lowest BCUT2D eigenvalue weighted by atomic mass is 9.90. The molecule has 2 fully saturated rings. The van der Waals surface area contributed by atoms with E-state index in [1.54, 1.807) is 25.7 Å². The molecule has 0 aromatic heterocycles. The zero-order valence-electron chi connectivity index (χ0n) is 10.7. The van der Waals surface area contributed by atoms with E-state index in [9.17, 15) is 9.59 Å². The molecule has 96 valence electrons. The molecule has 2 aliphatic rings. The number of piperazine rings is 1. The summed E-state index contributed by atoms with van der Waals surface area (Å²) in [4.78, 5) is 25.9. The highest BCUT2D eigenvalue weighted by Gasteiger charge is 2.50. The van der Waals surface area contributed by atoms with Gasteiger partial charge in [0.25, 0.3) is 0 Å². The molecule has 5 heteroatoms. The molecule has 0 bridgehead atoms. The van der Waals surface area contributed by atoms with Crippen LogP contribution < -0.4 is 11.1 Å². The lowest BCUT2D eigenvalue weighted by molar-refractivity contribution is -0.153. The number of nitrogens with one attached hydrogen (secondary N) is 1. The van der Waals surface area contributed by atoms with Crippen molar-refractivity contribution in [2.45, 2.75) is 44.7 Å². The second kappa shape index (κ2) is 3.70. The molecule has 0 spiro atoms. The van der Waals surface area contributed by atoms with Crippen molar-refractivity contribution < 1.29 is 9.59 Å². The Hall–Kier alpha value is -1.10. The fourth-order valence-corrected chi connectivity index (χ4v) is 2.40. The number of nitrogens with two attached hydrogens (primary N) is 1. The summed E-state index contributed by atoms with van der Waals surface area (Å²) in [5, 5.41) is 2.78. The Bertz CT molecular complexity index is 359. The summed E-state index contributed by atoms with van der Waals surface area (Å²) in [5.41, 5.74) is 4.51. The summed E-state index contributed by atoms with van der Waals surface area (Å²) in [7, 11) is 0. The van der Waals surface area contributed by atoms with Crippen molar-refractivity contribution in [1.82, 2.24) is 10.2 Å². The van der Waals surface area contributed by atoms with E-state index in [-0.39, 0.29) is 17.7 Å². The van der Waals surface area contributed by atoms with Crippen molar-refractivity contribution in [3.63, 3.8) is 0 Å². The van der Waals surface area contributed by atoms with Crippen LogP contribution in [0.3, 0.4) is 0 Å². The lowest BCUT2D eigenvalue weighted by Gasteiger charge is -2.44. The quantitative estimate of drug-likeness (QED) is 0.703. The van der Waals surface area contributed by atoms with Crippen LogP contribution in [0, 0.1) is 5.92 Å². The van der Waals surface area contributed by atoms with E-state index in [1.807, 2.05) is 0 Å². The molecule has 1 saturated carbocycles. The SMILES string of the molecule is CC(N)(C(=O)N1CCNC(=O)C1(C)C)C1CC1. The third-order valence-corrected chi connectivity index (χ3v) is 3.98. The minimum Gasteiger partial charge on any atom is -0.352 e. The maximum absolute atomic E-state index is 12.5. The summed E-state index contributed by atoms with van der Waals surface area (Å²) in [6.45, 7) is 6.37. The van der Waals surface area contributed by atoms with E-state index < -0.39 is 11.1 Å². The van der Waals surface area contributed by atoms with Gasteiger partial charge in [-0.3, -0.25) is 9.59 Å². The molecule has 0 radical (unpaired) electrons. The van der Waals surface area contributed by atoms with Gasteiger partial charge in [-0.15, -0.1) is 0 Å². The zero-order chi connectivity index (χ0) is 12.8. The summed E-state index contributed by atoms with van der Waals surface area (Å²) in [6.07, 6.45) is 2.03. The molecule has 2 amide bonds. The van der Waals surface area contributed by atoms with Gasteiger partial charge < -0.3 is 16.0 Å². The molecule has 5 nitrogen and oxygen atoms in total. The van der Waals surface area contributed by atoms with Gasteiger partial charge in [-0.1, -0.05) is 0 Å². The fraction of sp³-hybridized carbons (Fsp3) is 0.833. The first-order chi connectivity index (χ1) is 7.78. The van der Waals surface area contributed by atoms with Gasteiger partial charge in [0.1, 0.15) is 5.54 Å². The van der Waals surface area contributed by atoms with Gasteiger partial charge >= 0.3 is 0 Å². The van der Waals surface area contributed by atoms with Crippen molar-refractivity contribution in [3.05, 3.63) is 0 Å². The molecule has 0 aromatic rings. The molecule has 17 heavy (non-hydrogen) atoms. The van der Waals surface area contributed by atoms with E-state index in [4.69, 9.17) is 5.73 Å². The molecule has 2 rings (SSSR count). The van der Waals surface area contributed by atoms with E-state index in [0.29, 0.717) is 13.1 Å². The fourth-order valence-electron chi connectivity index (χ4n) is 2.40. The predicted octanol–water partition coefficient (Wildman–Crippen LogP) is -0.149. The third kappa shape index (κ3) is 1.92. The van der Waals surface area contributed by atoms with Crippen LogP contribution in [0.5, 0.6) is 0 Å². The minimum atomic E-state index is -0.825. The lowest BCUT2D eigenvalue weighted by Crippen LogP contribution is -2.68. The Balaban J connectivity index is 2.21. The normalized spacial score (nSPS) is 27.3. The van der Waals surface area contributed by atoms with Gasteiger partial charge in [0.05, 0.1) is 5.54 Å². The molecule has 1 heterocycles. The van der Waals surface area contributed by atoms with Crippen molar-refractivity contribution in [2.24, 2.45) is 11.7 Å². The van der Waals surface area contributed by atoms with Gasteiger partial charge in [0, 0.05) is 13.1 Å². The van der Waals surface area contributed by atoms with E-state index in [2.05, 4.69) is 5.32 Å². The van der Waals surface area contributed by atoms with Gasteiger partial charge in [-0.25, -0.2) is 0 Å². The summed E-state index contributed by atoms with van der Waals surface area (Å²) in [6, 6.07) is 0. The number of carbonyl (C=O) groups excluding carboxylic acids is 2. The Morgan fingerprint density at radius 2 is 2.12 bits per heavy atom. The van der Waals surface area contributed by atoms with Crippen molar-refractivity contribution in [2.75, 3.05) is 13.1 Å². The Morgan fingerprint density at radius 1 is 1.53 bits per heavy atom. The van der Waals surface area contributed by atoms with Crippen molar-refractivity contribution in [3.8, 4) is 0 Å². The van der Waals surface area contributed by atoms with Crippen LogP contribution in [0.4, 0.5) is 0 Å². The van der Waals surface area contributed by atoms with Gasteiger partial charge in [0.15, 0.2) is 0 Å². The summed E-state index contributed by atoms with van der Waals surface area (Å²) >= 11 is 0. The highest BCUT2D eigenvalue weighted by atomic mass is 16.2. The highest BCUT2D eigenvalue weighted by Crippen LogP contribution is 2.39. The summed E-state index contributed by atoms with van der Waals surface area (Å²) in [5.74, 6) is 0.0688. The van der Waals surface area contributed by atoms with Crippen molar-refractivity contribution in [1.29, 1.82) is 0 Å². The van der Waals surface area contributed by atoms with Gasteiger partial charge in [-0.2, -0.15) is 0 Å². The topological polar surface area (TPSA) is 75.4 Å². The molecule has 1 saturated heterocycles. The number of rotatable bonds is 2. The minimum absolute atomic E-state index is 0.0974. The second-order valence-electron chi connectivity index (χ2n) is 5.83. The Labute approximate surface area is 102 Å². The smallest absolute Gasteiger partial charge is 0.245 e. The predicted molar refractivity (Wildman–Crippen MR) is 64.1 cm³/mol. The molecule has 1 atom stereocenters. The first-order valence-electron chi connectivity index (χ1n) is 6.17. The molecular weight excluding hydrogens is 218 g/mol. The second-order valence-corrected chi connectivity index (χ2v) is 5.83. The standard InChI is InChI=1S/C12H21N3O2/c1-11(2)9(16)14-6-7-15(11)10(17)12(3,13)8-4-5-8/h8H,4-7,13H2,1-3H3,(H,14,16). The van der Waals surface area contributed by atoms with Crippen LogP contribution >= 0.6 is 0 Å². The first kappa shape index (κ1) is 12.4. The van der Waals surface area contributed by atoms with Gasteiger partial charge in [-0.05, 0) is 39.5 Å². The summed E-state index contributed by atoms with van der Waals surface area (Å²) < 4.78 is 0. The molecular formula is C12H21N3O2. The van der Waals surface area contributed by atoms with Crippen LogP contribution in [-0.4, -0.2) is 40.9 Å². The van der Waals surface area contributed by atoms with Crippen molar-refractivity contribution >= 4 is 11.8 Å². The number of amides is 2. The number of hydrogen-bond acceptors (Lipinski definition) is 3. The average molecular weight is 239 g/mol. The molecule has 0 aromatic carbocycles. The van der Waals surface area contributed by atoms with Crippen LogP contribution in [0.25, 0.3) is 0 Å². The largest absolute Gasteiger partial charge is 0.352 e. The van der Waals surface area contributed by atoms with E-state index >= 15 is 0 Å². The first-order valence-corrected chi connectivity index (χ1v) is 6.17. The van der Waals surface area contributed by atoms with Crippen LogP contribution in [-0.2, 0) is 9.59 Å². The highest BCUT2D eigenvalue weighted by molar-refractivity contribution is 5.95. The van der Waals surface area contributed by atoms with E-state index in [1.165, 1.54) is 0 Å². The Kier molecular flexibility index (Phi) is 2.69. The van der Waals surface area contributed by atoms with Crippen LogP contribution in [0.2, 0.25) is 0 Å². The molecule has 1 unspecified atom stereocenters. The average Bonchev–Trinajstić information content (AvgIpc) is 3.04. The number of hydrogen-bond donors (Lipinski definition) is 2. The number of nitrogens with zero attached hydrogens (tertiary/aromatic N) is 1. The van der Waals surface area contributed by atoms with Gasteiger partial charge in [0.2, 0.25) is 11.8 Å². The van der Waals surface area contributed by atoms with E-state index in [0.717, 1.165) is 12.8 Å². The third-order valence-electron chi connectivity index (χ3n) is 3.98. The number of carbonyl (C=O) groups is 2. The Morgan fingerprint density at radius 3 is 2.65 bits per heavy atom. The van der Waals surface area contributed by atoms with Crippen LogP contribution in [0.1, 0.15) is 33.6 Å². The molecule has 1 aliphatic heterocycles. The maximum Gasteiger partial charge on any atom is 0.245 e. The maximum atomic E-state index is 12.5.